The van der Waals surface area contributed by atoms with E-state index in [1.54, 1.807) is 0 Å². The Morgan fingerprint density at radius 2 is 2.29 bits per heavy atom. The van der Waals surface area contributed by atoms with Crippen molar-refractivity contribution in [1.29, 1.82) is 0 Å². The second-order valence-electron chi connectivity index (χ2n) is 4.78. The summed E-state index contributed by atoms with van der Waals surface area (Å²) in [5.41, 5.74) is 3.23. The molecule has 1 aliphatic heterocycles. The lowest BCUT2D eigenvalue weighted by Gasteiger charge is -2.00. The topological polar surface area (TPSA) is 60.2 Å². The molecule has 0 atom stereocenters. The first-order valence-corrected chi connectivity index (χ1v) is 6.78. The van der Waals surface area contributed by atoms with Gasteiger partial charge in [-0.2, -0.15) is 4.98 Å². The molecule has 0 amide bonds. The van der Waals surface area contributed by atoms with Crippen molar-refractivity contribution in [2.75, 3.05) is 25.1 Å². The fourth-order valence-corrected chi connectivity index (χ4v) is 2.25. The summed E-state index contributed by atoms with van der Waals surface area (Å²) in [6.07, 6.45) is -1.13. The third kappa shape index (κ3) is 3.36. The van der Waals surface area contributed by atoms with E-state index in [0.717, 1.165) is 24.2 Å². The molecule has 3 rings (SSSR count). The predicted molar refractivity (Wildman–Crippen MR) is 72.5 cm³/mol. The number of ether oxygens (including phenoxy) is 1. The molecule has 1 aromatic carbocycles. The Morgan fingerprint density at radius 3 is 3.14 bits per heavy atom. The molecule has 2 aromatic rings. The van der Waals surface area contributed by atoms with Crippen LogP contribution in [0.15, 0.2) is 22.7 Å². The monoisotopic (exact) mass is 295 g/mol. The SMILES string of the molecule is FC(F)COCCc1noc(-c2ccc3c(c2)CCN3)n1. The first kappa shape index (κ1) is 13.9. The standard InChI is InChI=1S/C14H15F2N3O2/c15-12(16)8-20-6-4-13-18-14(21-19-13)10-1-2-11-9(7-10)3-5-17-11/h1-2,7,12,17H,3-6,8H2. The van der Waals surface area contributed by atoms with Crippen LogP contribution in [0.5, 0.6) is 0 Å². The van der Waals surface area contributed by atoms with Crippen LogP contribution >= 0.6 is 0 Å². The first-order valence-electron chi connectivity index (χ1n) is 6.78. The molecule has 5 nitrogen and oxygen atoms in total. The van der Waals surface area contributed by atoms with Gasteiger partial charge in [-0.05, 0) is 30.2 Å². The summed E-state index contributed by atoms with van der Waals surface area (Å²) in [4.78, 5) is 4.26. The van der Waals surface area contributed by atoms with Crippen molar-refractivity contribution in [2.24, 2.45) is 0 Å². The van der Waals surface area contributed by atoms with Crippen LogP contribution in [-0.2, 0) is 17.6 Å². The Hall–Kier alpha value is -2.02. The van der Waals surface area contributed by atoms with Gasteiger partial charge in [0, 0.05) is 24.2 Å². The number of benzene rings is 1. The van der Waals surface area contributed by atoms with E-state index in [1.165, 1.54) is 5.56 Å². The fourth-order valence-electron chi connectivity index (χ4n) is 2.25. The number of aromatic nitrogens is 2. The Morgan fingerprint density at radius 1 is 1.38 bits per heavy atom. The van der Waals surface area contributed by atoms with Gasteiger partial charge in [0.25, 0.3) is 12.3 Å². The molecule has 0 unspecified atom stereocenters. The van der Waals surface area contributed by atoms with Crippen molar-refractivity contribution < 1.29 is 18.0 Å². The zero-order valence-electron chi connectivity index (χ0n) is 11.3. The predicted octanol–water partition coefficient (Wildman–Crippen LogP) is 2.53. The van der Waals surface area contributed by atoms with Gasteiger partial charge in [0.1, 0.15) is 6.61 Å². The minimum absolute atomic E-state index is 0.150. The first-order chi connectivity index (χ1) is 10.2. The summed E-state index contributed by atoms with van der Waals surface area (Å²) in [7, 11) is 0. The van der Waals surface area contributed by atoms with Gasteiger partial charge >= 0.3 is 0 Å². The van der Waals surface area contributed by atoms with E-state index < -0.39 is 13.0 Å². The molecule has 1 aliphatic rings. The highest BCUT2D eigenvalue weighted by Gasteiger charge is 2.14. The lowest BCUT2D eigenvalue weighted by atomic mass is 10.1. The fraction of sp³-hybridized carbons (Fsp3) is 0.429. The lowest BCUT2D eigenvalue weighted by Crippen LogP contribution is -2.07. The highest BCUT2D eigenvalue weighted by atomic mass is 19.3. The molecule has 0 spiro atoms. The molecule has 1 aromatic heterocycles. The van der Waals surface area contributed by atoms with Crippen molar-refractivity contribution in [3.8, 4) is 11.5 Å². The Kier molecular flexibility index (Phi) is 4.10. The normalized spacial score (nSPS) is 13.5. The van der Waals surface area contributed by atoms with Crippen LogP contribution in [0.1, 0.15) is 11.4 Å². The molecular formula is C14H15F2N3O2. The van der Waals surface area contributed by atoms with Crippen LogP contribution in [0.4, 0.5) is 14.5 Å². The van der Waals surface area contributed by atoms with Crippen molar-refractivity contribution in [2.45, 2.75) is 19.3 Å². The number of fused-ring (bicyclic) bond motifs is 1. The van der Waals surface area contributed by atoms with Gasteiger partial charge in [-0.1, -0.05) is 5.16 Å². The van der Waals surface area contributed by atoms with Gasteiger partial charge < -0.3 is 14.6 Å². The van der Waals surface area contributed by atoms with Crippen LogP contribution < -0.4 is 5.32 Å². The smallest absolute Gasteiger partial charge is 0.261 e. The van der Waals surface area contributed by atoms with Gasteiger partial charge in [0.2, 0.25) is 0 Å². The van der Waals surface area contributed by atoms with Crippen LogP contribution in [-0.4, -0.2) is 36.3 Å². The Balaban J connectivity index is 1.62. The second kappa shape index (κ2) is 6.17. The van der Waals surface area contributed by atoms with Crippen LogP contribution in [0, 0.1) is 0 Å². The summed E-state index contributed by atoms with van der Waals surface area (Å²) < 4.78 is 33.8. The van der Waals surface area contributed by atoms with Crippen LogP contribution in [0.25, 0.3) is 11.5 Å². The number of hydrogen-bond donors (Lipinski definition) is 1. The van der Waals surface area contributed by atoms with Gasteiger partial charge in [-0.15, -0.1) is 0 Å². The molecular weight excluding hydrogens is 280 g/mol. The maximum atomic E-state index is 11.9. The molecule has 0 bridgehead atoms. The Labute approximate surface area is 120 Å². The van der Waals surface area contributed by atoms with E-state index in [-0.39, 0.29) is 6.61 Å². The number of anilines is 1. The molecule has 112 valence electrons. The maximum Gasteiger partial charge on any atom is 0.261 e. The number of alkyl halides is 2. The maximum absolute atomic E-state index is 11.9. The molecule has 0 aliphatic carbocycles. The average molecular weight is 295 g/mol. The summed E-state index contributed by atoms with van der Waals surface area (Å²) in [5.74, 6) is 0.895. The van der Waals surface area contributed by atoms with E-state index in [0.29, 0.717) is 18.1 Å². The van der Waals surface area contributed by atoms with Crippen molar-refractivity contribution in [1.82, 2.24) is 10.1 Å². The summed E-state index contributed by atoms with van der Waals surface area (Å²) in [5, 5.41) is 7.12. The zero-order chi connectivity index (χ0) is 14.7. The van der Waals surface area contributed by atoms with E-state index in [9.17, 15) is 8.78 Å². The van der Waals surface area contributed by atoms with E-state index in [1.807, 2.05) is 18.2 Å². The van der Waals surface area contributed by atoms with Gasteiger partial charge in [-0.25, -0.2) is 8.78 Å². The highest BCUT2D eigenvalue weighted by Crippen LogP contribution is 2.27. The molecule has 1 N–H and O–H groups in total. The molecule has 0 saturated carbocycles. The quantitative estimate of drug-likeness (QED) is 0.830. The number of nitrogens with zero attached hydrogens (tertiary/aromatic N) is 2. The summed E-state index contributed by atoms with van der Waals surface area (Å²) in [6.45, 7) is 0.523. The number of rotatable bonds is 6. The van der Waals surface area contributed by atoms with Gasteiger partial charge in [0.05, 0.1) is 6.61 Å². The van der Waals surface area contributed by atoms with Gasteiger partial charge in [-0.3, -0.25) is 0 Å². The molecule has 7 heteroatoms. The largest absolute Gasteiger partial charge is 0.384 e. The van der Waals surface area contributed by atoms with Crippen LogP contribution in [0.2, 0.25) is 0 Å². The molecule has 0 fully saturated rings. The van der Waals surface area contributed by atoms with E-state index in [2.05, 4.69) is 15.5 Å². The highest BCUT2D eigenvalue weighted by molar-refractivity contribution is 5.64. The number of nitrogens with one attached hydrogen (secondary N) is 1. The van der Waals surface area contributed by atoms with E-state index in [4.69, 9.17) is 9.26 Å². The summed E-state index contributed by atoms with van der Waals surface area (Å²) in [6, 6.07) is 5.94. The minimum Gasteiger partial charge on any atom is -0.384 e. The zero-order valence-corrected chi connectivity index (χ0v) is 11.3. The minimum atomic E-state index is -2.45. The lowest BCUT2D eigenvalue weighted by molar-refractivity contribution is 0.0182. The molecule has 0 radical (unpaired) electrons. The van der Waals surface area contributed by atoms with E-state index >= 15 is 0 Å². The number of hydrogen-bond acceptors (Lipinski definition) is 5. The Bertz CT molecular complexity index is 616. The van der Waals surface area contributed by atoms with Crippen molar-refractivity contribution >= 4 is 5.69 Å². The average Bonchev–Trinajstić information content (AvgIpc) is 3.11. The summed E-state index contributed by atoms with van der Waals surface area (Å²) >= 11 is 0. The molecule has 21 heavy (non-hydrogen) atoms. The number of halogens is 2. The van der Waals surface area contributed by atoms with Crippen LogP contribution in [0.3, 0.4) is 0 Å². The third-order valence-electron chi connectivity index (χ3n) is 3.24. The third-order valence-corrected chi connectivity index (χ3v) is 3.24. The molecule has 2 heterocycles. The van der Waals surface area contributed by atoms with Crippen molar-refractivity contribution in [3.63, 3.8) is 0 Å². The van der Waals surface area contributed by atoms with Gasteiger partial charge in [0.15, 0.2) is 5.82 Å². The molecule has 0 saturated heterocycles. The second-order valence-corrected chi connectivity index (χ2v) is 4.78. The van der Waals surface area contributed by atoms with Crippen molar-refractivity contribution in [3.05, 3.63) is 29.6 Å².